The summed E-state index contributed by atoms with van der Waals surface area (Å²) in [6.07, 6.45) is 2.13. The summed E-state index contributed by atoms with van der Waals surface area (Å²) in [5.41, 5.74) is 0. The molecule has 0 aliphatic carbocycles. The second-order valence-corrected chi connectivity index (χ2v) is 5.09. The number of hydrogen-bond donors (Lipinski definition) is 3. The highest BCUT2D eigenvalue weighted by Crippen LogP contribution is 1.73. The maximum absolute atomic E-state index is 10.7. The van der Waals surface area contributed by atoms with E-state index in [1.807, 2.05) is 6.92 Å². The highest BCUT2D eigenvalue weighted by molar-refractivity contribution is 7.88. The van der Waals surface area contributed by atoms with Crippen molar-refractivity contribution in [2.24, 2.45) is 0 Å². The van der Waals surface area contributed by atoms with Crippen molar-refractivity contribution in [2.45, 2.75) is 13.3 Å². The van der Waals surface area contributed by atoms with Gasteiger partial charge in [-0.05, 0) is 18.6 Å². The van der Waals surface area contributed by atoms with Crippen molar-refractivity contribution in [1.29, 1.82) is 0 Å². The van der Waals surface area contributed by atoms with E-state index < -0.39 is 10.0 Å². The van der Waals surface area contributed by atoms with Crippen LogP contribution in [0.5, 0.6) is 0 Å². The fourth-order valence-electron chi connectivity index (χ4n) is 0.713. The molecule has 3 N–H and O–H groups in total. The van der Waals surface area contributed by atoms with Gasteiger partial charge >= 0.3 is 0 Å². The number of nitrogens with one attached hydrogen (secondary N) is 3. The molecule has 0 spiro atoms. The van der Waals surface area contributed by atoms with Gasteiger partial charge in [-0.1, -0.05) is 6.92 Å². The molecule has 84 valence electrons. The molecule has 0 heterocycles. The van der Waals surface area contributed by atoms with Gasteiger partial charge in [-0.2, -0.15) is 0 Å². The number of rotatable bonds is 6. The van der Waals surface area contributed by atoms with Gasteiger partial charge in [0.15, 0.2) is 5.11 Å². The summed E-state index contributed by atoms with van der Waals surface area (Å²) in [4.78, 5) is 0. The normalized spacial score (nSPS) is 11.0. The van der Waals surface area contributed by atoms with Crippen LogP contribution in [0, 0.1) is 0 Å². The molecule has 14 heavy (non-hydrogen) atoms. The van der Waals surface area contributed by atoms with E-state index in [4.69, 9.17) is 12.2 Å². The highest BCUT2D eigenvalue weighted by atomic mass is 32.2. The number of thiocarbonyl (C=S) groups is 1. The van der Waals surface area contributed by atoms with Crippen LogP contribution < -0.4 is 15.4 Å². The Morgan fingerprint density at radius 3 is 2.29 bits per heavy atom. The minimum Gasteiger partial charge on any atom is -0.363 e. The Labute approximate surface area is 90.7 Å². The van der Waals surface area contributed by atoms with Gasteiger partial charge in [0, 0.05) is 19.6 Å². The fraction of sp³-hybridized carbons (Fsp3) is 0.857. The molecular weight excluding hydrogens is 222 g/mol. The summed E-state index contributed by atoms with van der Waals surface area (Å²) < 4.78 is 23.7. The van der Waals surface area contributed by atoms with Crippen LogP contribution in [-0.4, -0.2) is 39.4 Å². The van der Waals surface area contributed by atoms with Gasteiger partial charge in [-0.25, -0.2) is 13.1 Å². The predicted molar refractivity (Wildman–Crippen MR) is 61.7 cm³/mol. The van der Waals surface area contributed by atoms with Crippen molar-refractivity contribution in [3.63, 3.8) is 0 Å². The van der Waals surface area contributed by atoms with Gasteiger partial charge in [0.2, 0.25) is 10.0 Å². The second kappa shape index (κ2) is 6.97. The van der Waals surface area contributed by atoms with Crippen molar-refractivity contribution in [3.8, 4) is 0 Å². The molecule has 0 aromatic heterocycles. The first-order valence-corrected chi connectivity index (χ1v) is 6.72. The smallest absolute Gasteiger partial charge is 0.208 e. The molecule has 0 saturated heterocycles. The summed E-state index contributed by atoms with van der Waals surface area (Å²) in [6, 6.07) is 0. The minimum absolute atomic E-state index is 0.340. The Morgan fingerprint density at radius 1 is 1.21 bits per heavy atom. The molecule has 5 nitrogen and oxygen atoms in total. The van der Waals surface area contributed by atoms with E-state index in [9.17, 15) is 8.42 Å². The summed E-state index contributed by atoms with van der Waals surface area (Å²) >= 11 is 4.93. The zero-order valence-electron chi connectivity index (χ0n) is 8.46. The second-order valence-electron chi connectivity index (χ2n) is 2.85. The topological polar surface area (TPSA) is 70.2 Å². The summed E-state index contributed by atoms with van der Waals surface area (Å²) in [5.74, 6) is 0. The monoisotopic (exact) mass is 239 g/mol. The molecule has 0 aliphatic heterocycles. The first-order chi connectivity index (χ1) is 6.45. The number of sulfonamides is 1. The lowest BCUT2D eigenvalue weighted by Crippen LogP contribution is -2.40. The van der Waals surface area contributed by atoms with Crippen molar-refractivity contribution in [2.75, 3.05) is 25.9 Å². The maximum atomic E-state index is 10.7. The molecule has 0 aromatic rings. The van der Waals surface area contributed by atoms with Crippen LogP contribution in [0.3, 0.4) is 0 Å². The first kappa shape index (κ1) is 13.6. The molecule has 0 aromatic carbocycles. The van der Waals surface area contributed by atoms with E-state index in [1.54, 1.807) is 0 Å². The van der Waals surface area contributed by atoms with Gasteiger partial charge in [0.1, 0.15) is 0 Å². The summed E-state index contributed by atoms with van der Waals surface area (Å²) in [5, 5.41) is 6.41. The lowest BCUT2D eigenvalue weighted by atomic mass is 10.5. The standard InChI is InChI=1S/C7H17N3O2S2/c1-3-4-8-7(13)9-5-6-10-14(2,11)12/h10H,3-6H2,1-2H3,(H2,8,9,13). The summed E-state index contributed by atoms with van der Waals surface area (Å²) in [6.45, 7) is 3.70. The molecule has 0 amide bonds. The van der Waals surface area contributed by atoms with E-state index in [1.165, 1.54) is 0 Å². The summed E-state index contributed by atoms with van der Waals surface area (Å²) in [7, 11) is -3.09. The Kier molecular flexibility index (Phi) is 6.77. The molecule has 0 aliphatic rings. The molecule has 0 radical (unpaired) electrons. The van der Waals surface area contributed by atoms with E-state index in [0.717, 1.165) is 19.2 Å². The predicted octanol–water partition coefficient (Wildman–Crippen LogP) is -0.590. The van der Waals surface area contributed by atoms with Crippen LogP contribution in [0.25, 0.3) is 0 Å². The Bertz CT molecular complexity index is 264. The van der Waals surface area contributed by atoms with E-state index in [0.29, 0.717) is 18.2 Å². The Morgan fingerprint density at radius 2 is 1.79 bits per heavy atom. The van der Waals surface area contributed by atoms with E-state index >= 15 is 0 Å². The molecule has 0 fully saturated rings. The van der Waals surface area contributed by atoms with Crippen LogP contribution in [0.2, 0.25) is 0 Å². The first-order valence-electron chi connectivity index (χ1n) is 4.42. The molecule has 0 atom stereocenters. The Balaban J connectivity index is 3.41. The molecule has 7 heteroatoms. The molecular formula is C7H17N3O2S2. The minimum atomic E-state index is -3.09. The quantitative estimate of drug-likeness (QED) is 0.427. The van der Waals surface area contributed by atoms with Gasteiger partial charge in [-0.3, -0.25) is 0 Å². The van der Waals surface area contributed by atoms with Gasteiger partial charge in [0.05, 0.1) is 6.26 Å². The zero-order chi connectivity index (χ0) is 11.0. The van der Waals surface area contributed by atoms with Crippen LogP contribution in [-0.2, 0) is 10.0 Å². The zero-order valence-corrected chi connectivity index (χ0v) is 10.1. The van der Waals surface area contributed by atoms with Gasteiger partial charge in [0.25, 0.3) is 0 Å². The van der Waals surface area contributed by atoms with Crippen LogP contribution in [0.15, 0.2) is 0 Å². The van der Waals surface area contributed by atoms with Gasteiger partial charge < -0.3 is 10.6 Å². The SMILES string of the molecule is CCCNC(=S)NCCNS(C)(=O)=O. The molecule has 0 rings (SSSR count). The molecule has 0 unspecified atom stereocenters. The molecule has 0 bridgehead atoms. The van der Waals surface area contributed by atoms with Crippen molar-refractivity contribution >= 4 is 27.4 Å². The highest BCUT2D eigenvalue weighted by Gasteiger charge is 1.98. The average Bonchev–Trinajstić information content (AvgIpc) is 2.07. The van der Waals surface area contributed by atoms with Crippen molar-refractivity contribution in [3.05, 3.63) is 0 Å². The van der Waals surface area contributed by atoms with Crippen LogP contribution >= 0.6 is 12.2 Å². The Hall–Kier alpha value is -0.400. The fourth-order valence-corrected chi connectivity index (χ4v) is 1.39. The maximum Gasteiger partial charge on any atom is 0.208 e. The van der Waals surface area contributed by atoms with E-state index in [2.05, 4.69) is 15.4 Å². The third kappa shape index (κ3) is 9.69. The molecule has 0 saturated carbocycles. The third-order valence-corrected chi connectivity index (χ3v) is 2.33. The lowest BCUT2D eigenvalue weighted by molar-refractivity contribution is 0.587. The van der Waals surface area contributed by atoms with Crippen LogP contribution in [0.1, 0.15) is 13.3 Å². The van der Waals surface area contributed by atoms with Crippen LogP contribution in [0.4, 0.5) is 0 Å². The van der Waals surface area contributed by atoms with E-state index in [-0.39, 0.29) is 0 Å². The third-order valence-electron chi connectivity index (χ3n) is 1.31. The van der Waals surface area contributed by atoms with Crippen molar-refractivity contribution in [1.82, 2.24) is 15.4 Å². The largest absolute Gasteiger partial charge is 0.363 e. The lowest BCUT2D eigenvalue weighted by Gasteiger charge is -2.09. The average molecular weight is 239 g/mol. The number of hydrogen-bond acceptors (Lipinski definition) is 3. The van der Waals surface area contributed by atoms with Gasteiger partial charge in [-0.15, -0.1) is 0 Å². The van der Waals surface area contributed by atoms with Crippen molar-refractivity contribution < 1.29 is 8.42 Å².